The standard InChI is InChI=1S/C7H8O3S.C6H11N2/c1-6-2-4-7(5-3-6)11(8,9)10;1-3-8-5-4-7(2)6-8/h2-5H,1H3,(H,8,9,10);3,6H,1,4-5H2,2H3/q;+1/p-1. The lowest BCUT2D eigenvalue weighted by atomic mass is 10.2. The van der Waals surface area contributed by atoms with Crippen LogP contribution in [0.2, 0.25) is 0 Å². The van der Waals surface area contributed by atoms with Crippen LogP contribution in [0.15, 0.2) is 41.9 Å². The summed E-state index contributed by atoms with van der Waals surface area (Å²) >= 11 is 0. The number of hydrogen-bond donors (Lipinski definition) is 0. The molecule has 6 heteroatoms. The number of rotatable bonds is 2. The average Bonchev–Trinajstić information content (AvgIpc) is 2.75. The maximum atomic E-state index is 10.4. The number of benzene rings is 1. The molecule has 0 saturated carbocycles. The first kappa shape index (κ1) is 15.4. The van der Waals surface area contributed by atoms with E-state index in [1.54, 1.807) is 12.1 Å². The second kappa shape index (κ2) is 6.49. The summed E-state index contributed by atoms with van der Waals surface area (Å²) in [5.74, 6) is 0. The van der Waals surface area contributed by atoms with Crippen molar-refractivity contribution in [3.05, 3.63) is 42.6 Å². The molecule has 5 nitrogen and oxygen atoms in total. The molecule has 1 heterocycles. The lowest BCUT2D eigenvalue weighted by Crippen LogP contribution is -2.09. The Hall–Kier alpha value is -1.66. The van der Waals surface area contributed by atoms with E-state index in [4.69, 9.17) is 0 Å². The van der Waals surface area contributed by atoms with Gasteiger partial charge < -0.3 is 4.55 Å². The Labute approximate surface area is 114 Å². The quantitative estimate of drug-likeness (QED) is 0.600. The molecule has 0 atom stereocenters. The molecule has 0 saturated heterocycles. The Bertz CT molecular complexity index is 562. The van der Waals surface area contributed by atoms with Gasteiger partial charge >= 0.3 is 0 Å². The van der Waals surface area contributed by atoms with Gasteiger partial charge in [0.2, 0.25) is 6.34 Å². The molecule has 104 valence electrons. The zero-order chi connectivity index (χ0) is 14.5. The van der Waals surface area contributed by atoms with Crippen LogP contribution in [0.5, 0.6) is 0 Å². The molecular formula is C13H18N2O3S. The third kappa shape index (κ3) is 5.23. The number of likely N-dealkylation sites (N-methyl/N-ethyl adjacent to an activating group) is 1. The van der Waals surface area contributed by atoms with Gasteiger partial charge in [-0.15, -0.1) is 0 Å². The smallest absolute Gasteiger partial charge is 0.238 e. The van der Waals surface area contributed by atoms with E-state index in [-0.39, 0.29) is 4.90 Å². The molecular weight excluding hydrogens is 264 g/mol. The van der Waals surface area contributed by atoms with Gasteiger partial charge in [0.15, 0.2) is 0 Å². The van der Waals surface area contributed by atoms with Gasteiger partial charge in [0.25, 0.3) is 0 Å². The van der Waals surface area contributed by atoms with Gasteiger partial charge in [-0.2, -0.15) is 0 Å². The van der Waals surface area contributed by atoms with Gasteiger partial charge in [0, 0.05) is 0 Å². The van der Waals surface area contributed by atoms with Crippen LogP contribution < -0.4 is 0 Å². The van der Waals surface area contributed by atoms with Crippen molar-refractivity contribution in [2.24, 2.45) is 0 Å². The van der Waals surface area contributed by atoms with E-state index >= 15 is 0 Å². The second-order valence-electron chi connectivity index (χ2n) is 4.28. The average molecular weight is 282 g/mol. The highest BCUT2D eigenvalue weighted by Gasteiger charge is 2.11. The minimum Gasteiger partial charge on any atom is -0.744 e. The van der Waals surface area contributed by atoms with E-state index in [0.29, 0.717) is 0 Å². The molecule has 1 aliphatic heterocycles. The molecule has 1 aliphatic rings. The monoisotopic (exact) mass is 282 g/mol. The van der Waals surface area contributed by atoms with Crippen LogP contribution in [0.3, 0.4) is 0 Å². The minimum absolute atomic E-state index is 0.178. The summed E-state index contributed by atoms with van der Waals surface area (Å²) in [4.78, 5) is 1.89. The van der Waals surface area contributed by atoms with Gasteiger partial charge in [0.1, 0.15) is 23.2 Å². The summed E-state index contributed by atoms with van der Waals surface area (Å²) in [7, 11) is -2.21. The molecule has 0 bridgehead atoms. The molecule has 0 spiro atoms. The number of hydrogen-bond acceptors (Lipinski definition) is 4. The Kier molecular flexibility index (Phi) is 5.26. The predicted octanol–water partition coefficient (Wildman–Crippen LogP) is 1.02. The van der Waals surface area contributed by atoms with Crippen molar-refractivity contribution in [2.75, 3.05) is 20.1 Å². The normalized spacial score (nSPS) is 14.5. The van der Waals surface area contributed by atoms with Crippen molar-refractivity contribution in [3.63, 3.8) is 0 Å². The lowest BCUT2D eigenvalue weighted by Gasteiger charge is -2.05. The zero-order valence-corrected chi connectivity index (χ0v) is 11.9. The van der Waals surface area contributed by atoms with Crippen molar-refractivity contribution in [1.82, 2.24) is 4.90 Å². The van der Waals surface area contributed by atoms with Crippen LogP contribution in [0.25, 0.3) is 0 Å². The third-order valence-corrected chi connectivity index (χ3v) is 3.45. The van der Waals surface area contributed by atoms with Crippen molar-refractivity contribution in [3.8, 4) is 0 Å². The summed E-state index contributed by atoms with van der Waals surface area (Å²) in [6.07, 6.45) is 3.89. The fourth-order valence-corrected chi connectivity index (χ4v) is 1.95. The molecule has 19 heavy (non-hydrogen) atoms. The van der Waals surface area contributed by atoms with Crippen LogP contribution in [0.4, 0.5) is 0 Å². The maximum Gasteiger partial charge on any atom is 0.238 e. The molecule has 0 unspecified atom stereocenters. The van der Waals surface area contributed by atoms with E-state index in [2.05, 4.69) is 23.1 Å². The zero-order valence-electron chi connectivity index (χ0n) is 11.1. The van der Waals surface area contributed by atoms with Crippen LogP contribution in [-0.4, -0.2) is 48.9 Å². The highest BCUT2D eigenvalue weighted by Crippen LogP contribution is 2.08. The highest BCUT2D eigenvalue weighted by molar-refractivity contribution is 7.85. The molecule has 0 fully saturated rings. The SMILES string of the molecule is C=CN1C=[N+](C)CC1.Cc1ccc(S(=O)(=O)[O-])cc1. The van der Waals surface area contributed by atoms with Gasteiger partial charge in [-0.25, -0.2) is 13.3 Å². The van der Waals surface area contributed by atoms with Crippen LogP contribution in [0.1, 0.15) is 5.56 Å². The topological polar surface area (TPSA) is 63.5 Å². The summed E-state index contributed by atoms with van der Waals surface area (Å²) < 4.78 is 33.3. The molecule has 2 rings (SSSR count). The predicted molar refractivity (Wildman–Crippen MR) is 73.2 cm³/mol. The van der Waals surface area contributed by atoms with E-state index < -0.39 is 10.1 Å². The van der Waals surface area contributed by atoms with E-state index in [0.717, 1.165) is 18.7 Å². The maximum absolute atomic E-state index is 10.4. The van der Waals surface area contributed by atoms with Gasteiger partial charge in [-0.05, 0) is 19.1 Å². The van der Waals surface area contributed by atoms with Gasteiger partial charge in [0.05, 0.1) is 18.1 Å². The fraction of sp³-hybridized carbons (Fsp3) is 0.308. The van der Waals surface area contributed by atoms with Crippen molar-refractivity contribution in [2.45, 2.75) is 11.8 Å². The molecule has 0 amide bonds. The summed E-state index contributed by atoms with van der Waals surface area (Å²) in [6.45, 7) is 7.67. The minimum atomic E-state index is -4.27. The van der Waals surface area contributed by atoms with Crippen molar-refractivity contribution < 1.29 is 17.5 Å². The Balaban J connectivity index is 0.000000200. The van der Waals surface area contributed by atoms with Crippen LogP contribution in [-0.2, 0) is 10.1 Å². The number of aryl methyl sites for hydroxylation is 1. The summed E-state index contributed by atoms with van der Waals surface area (Å²) in [5.41, 5.74) is 0.928. The highest BCUT2D eigenvalue weighted by atomic mass is 32.2. The molecule has 0 N–H and O–H groups in total. The Morgan fingerprint density at radius 2 is 1.95 bits per heavy atom. The first-order valence-electron chi connectivity index (χ1n) is 5.79. The van der Waals surface area contributed by atoms with Crippen LogP contribution >= 0.6 is 0 Å². The van der Waals surface area contributed by atoms with E-state index in [9.17, 15) is 13.0 Å². The largest absolute Gasteiger partial charge is 0.744 e. The lowest BCUT2D eigenvalue weighted by molar-refractivity contribution is -0.482. The Morgan fingerprint density at radius 1 is 1.37 bits per heavy atom. The first-order valence-corrected chi connectivity index (χ1v) is 7.20. The molecule has 0 aromatic heterocycles. The van der Waals surface area contributed by atoms with Crippen LogP contribution in [0, 0.1) is 6.92 Å². The summed E-state index contributed by atoms with van der Waals surface area (Å²) in [6, 6.07) is 5.78. The van der Waals surface area contributed by atoms with Crippen molar-refractivity contribution in [1.29, 1.82) is 0 Å². The molecule has 1 aromatic carbocycles. The van der Waals surface area contributed by atoms with Crippen molar-refractivity contribution >= 4 is 16.5 Å². The molecule has 1 aromatic rings. The molecule has 0 aliphatic carbocycles. The summed E-state index contributed by atoms with van der Waals surface area (Å²) in [5, 5.41) is 0. The van der Waals surface area contributed by atoms with E-state index in [1.165, 1.54) is 12.1 Å². The van der Waals surface area contributed by atoms with Gasteiger partial charge in [-0.3, -0.25) is 4.58 Å². The Morgan fingerprint density at radius 3 is 2.26 bits per heavy atom. The second-order valence-corrected chi connectivity index (χ2v) is 5.66. The third-order valence-electron chi connectivity index (χ3n) is 2.60. The fourth-order valence-electron chi connectivity index (χ4n) is 1.49. The molecule has 0 radical (unpaired) electrons. The number of nitrogens with zero attached hydrogens (tertiary/aromatic N) is 2. The van der Waals surface area contributed by atoms with E-state index in [1.807, 2.05) is 19.5 Å². The first-order chi connectivity index (χ1) is 8.82. The van der Waals surface area contributed by atoms with Gasteiger partial charge in [-0.1, -0.05) is 24.3 Å².